The Labute approximate surface area is 201 Å². The van der Waals surface area contributed by atoms with E-state index < -0.39 is 11.7 Å². The van der Waals surface area contributed by atoms with Crippen LogP contribution in [0, 0.1) is 0 Å². The van der Waals surface area contributed by atoms with Crippen molar-refractivity contribution in [2.24, 2.45) is 0 Å². The van der Waals surface area contributed by atoms with Crippen LogP contribution in [0.1, 0.15) is 32.3 Å². The van der Waals surface area contributed by atoms with Crippen molar-refractivity contribution in [1.29, 1.82) is 0 Å². The van der Waals surface area contributed by atoms with Crippen molar-refractivity contribution in [3.05, 3.63) is 47.0 Å². The number of aromatic nitrogens is 3. The molecule has 2 aromatic carbocycles. The molecule has 0 bridgehead atoms. The Morgan fingerprint density at radius 3 is 2.41 bits per heavy atom. The molecule has 3 aromatic rings. The smallest absolute Gasteiger partial charge is 0.417 e. The van der Waals surface area contributed by atoms with Gasteiger partial charge in [0.25, 0.3) is 0 Å². The molecule has 4 N–H and O–H groups in total. The number of alkyl halides is 3. The first-order valence-electron chi connectivity index (χ1n) is 10.8. The van der Waals surface area contributed by atoms with E-state index in [0.29, 0.717) is 24.0 Å². The third-order valence-electron chi connectivity index (χ3n) is 5.59. The van der Waals surface area contributed by atoms with Gasteiger partial charge in [0.2, 0.25) is 11.9 Å². The number of anilines is 2. The second-order valence-electron chi connectivity index (χ2n) is 8.08. The number of nitrogens with two attached hydrogens (primary N) is 2. The first-order valence-corrected chi connectivity index (χ1v) is 11.2. The first kappa shape index (κ1) is 25.6. The molecule has 0 aliphatic rings. The molecule has 11 heteroatoms. The molecule has 0 aliphatic heterocycles. The Kier molecular flexibility index (Phi) is 7.93. The molecular weight excluding hydrogens is 469 g/mol. The fourth-order valence-corrected chi connectivity index (χ4v) is 3.97. The summed E-state index contributed by atoms with van der Waals surface area (Å²) in [4.78, 5) is 5.93. The van der Waals surface area contributed by atoms with Gasteiger partial charge in [-0.3, -0.25) is 0 Å². The predicted molar refractivity (Wildman–Crippen MR) is 128 cm³/mol. The Bertz CT molecular complexity index is 1120. The van der Waals surface area contributed by atoms with E-state index in [1.807, 2.05) is 7.05 Å². The molecule has 3 rings (SSSR count). The lowest BCUT2D eigenvalue weighted by Crippen LogP contribution is -2.32. The molecular formula is C23H28ClF3N6O. The quantitative estimate of drug-likeness (QED) is 0.419. The van der Waals surface area contributed by atoms with E-state index in [4.69, 9.17) is 27.8 Å². The summed E-state index contributed by atoms with van der Waals surface area (Å²) in [6, 6.07) is 9.08. The zero-order valence-electron chi connectivity index (χ0n) is 19.2. The van der Waals surface area contributed by atoms with Crippen LogP contribution in [0.2, 0.25) is 5.02 Å². The molecule has 34 heavy (non-hydrogen) atoms. The molecule has 1 atom stereocenters. The van der Waals surface area contributed by atoms with E-state index in [2.05, 4.69) is 28.8 Å². The Hall–Kier alpha value is -2.98. The lowest BCUT2D eigenvalue weighted by Gasteiger charge is -2.24. The van der Waals surface area contributed by atoms with Crippen LogP contribution in [0.15, 0.2) is 36.4 Å². The highest BCUT2D eigenvalue weighted by atomic mass is 35.5. The average molecular weight is 497 g/mol. The van der Waals surface area contributed by atoms with Crippen molar-refractivity contribution in [2.75, 3.05) is 31.7 Å². The molecule has 0 radical (unpaired) electrons. The summed E-state index contributed by atoms with van der Waals surface area (Å²) in [5, 5.41) is 3.72. The van der Waals surface area contributed by atoms with Gasteiger partial charge in [-0.1, -0.05) is 37.1 Å². The number of rotatable bonds is 9. The van der Waals surface area contributed by atoms with E-state index in [0.717, 1.165) is 30.1 Å². The number of halogens is 4. The van der Waals surface area contributed by atoms with Gasteiger partial charge in [-0.05, 0) is 50.2 Å². The summed E-state index contributed by atoms with van der Waals surface area (Å²) in [5.41, 5.74) is 10.4. The van der Waals surface area contributed by atoms with Crippen molar-refractivity contribution >= 4 is 23.5 Å². The van der Waals surface area contributed by atoms with Crippen LogP contribution >= 0.6 is 11.6 Å². The summed E-state index contributed by atoms with van der Waals surface area (Å²) >= 11 is 6.33. The molecule has 1 heterocycles. The van der Waals surface area contributed by atoms with Gasteiger partial charge in [0.05, 0.1) is 16.3 Å². The maximum atomic E-state index is 14.0. The highest BCUT2D eigenvalue weighted by Crippen LogP contribution is 2.43. The monoisotopic (exact) mass is 496 g/mol. The molecule has 0 spiro atoms. The lowest BCUT2D eigenvalue weighted by molar-refractivity contribution is -0.137. The van der Waals surface area contributed by atoms with E-state index in [9.17, 15) is 13.2 Å². The van der Waals surface area contributed by atoms with E-state index in [-0.39, 0.29) is 28.2 Å². The summed E-state index contributed by atoms with van der Waals surface area (Å²) in [6.07, 6.45) is -2.47. The largest absolute Gasteiger partial charge is 0.492 e. The predicted octanol–water partition coefficient (Wildman–Crippen LogP) is 5.27. The van der Waals surface area contributed by atoms with Crippen LogP contribution in [0.5, 0.6) is 5.75 Å². The van der Waals surface area contributed by atoms with E-state index in [1.165, 1.54) is 6.07 Å². The fourth-order valence-electron chi connectivity index (χ4n) is 3.65. The molecule has 0 saturated carbocycles. The maximum Gasteiger partial charge on any atom is 0.417 e. The van der Waals surface area contributed by atoms with Gasteiger partial charge in [0.1, 0.15) is 12.4 Å². The van der Waals surface area contributed by atoms with Crippen LogP contribution in [-0.4, -0.2) is 45.9 Å². The van der Waals surface area contributed by atoms with Crippen molar-refractivity contribution in [3.8, 4) is 22.6 Å². The van der Waals surface area contributed by atoms with Gasteiger partial charge in [0.15, 0.2) is 0 Å². The van der Waals surface area contributed by atoms with Crippen molar-refractivity contribution in [3.63, 3.8) is 0 Å². The zero-order chi connectivity index (χ0) is 25.0. The zero-order valence-corrected chi connectivity index (χ0v) is 20.0. The van der Waals surface area contributed by atoms with Gasteiger partial charge in [-0.25, -0.2) is 0 Å². The average Bonchev–Trinajstić information content (AvgIpc) is 3.11. The lowest BCUT2D eigenvalue weighted by atomic mass is 9.98. The minimum Gasteiger partial charge on any atom is -0.492 e. The topological polar surface area (TPSA) is 95.2 Å². The standard InChI is InChI=1S/C23H28ClF3N6O/c1-4-5-14(2)32(3)10-11-34-17-8-6-15(7-9-17)20-18(23(25,26)27)12-16(13-19(20)24)33-22(29)30-21(28)31-33/h6-9,12-14H,4-5,10-11H2,1-3H3,(H4,28,29,30,31). The van der Waals surface area contributed by atoms with Gasteiger partial charge < -0.3 is 21.1 Å². The van der Waals surface area contributed by atoms with Gasteiger partial charge >= 0.3 is 6.18 Å². The number of benzene rings is 2. The van der Waals surface area contributed by atoms with Crippen LogP contribution in [-0.2, 0) is 6.18 Å². The van der Waals surface area contributed by atoms with Gasteiger partial charge in [0, 0.05) is 18.2 Å². The highest BCUT2D eigenvalue weighted by Gasteiger charge is 2.36. The number of hydrogen-bond donors (Lipinski definition) is 2. The third-order valence-corrected chi connectivity index (χ3v) is 5.89. The Balaban J connectivity index is 1.84. The van der Waals surface area contributed by atoms with Crippen LogP contribution < -0.4 is 16.2 Å². The molecule has 184 valence electrons. The summed E-state index contributed by atoms with van der Waals surface area (Å²) in [5.74, 6) is 0.256. The molecule has 7 nitrogen and oxygen atoms in total. The van der Waals surface area contributed by atoms with Crippen molar-refractivity contribution in [1.82, 2.24) is 19.7 Å². The molecule has 0 amide bonds. The van der Waals surface area contributed by atoms with Crippen molar-refractivity contribution in [2.45, 2.75) is 38.9 Å². The Morgan fingerprint density at radius 2 is 1.85 bits per heavy atom. The number of likely N-dealkylation sites (N-methyl/N-ethyl adjacent to an activating group) is 1. The Morgan fingerprint density at radius 1 is 1.18 bits per heavy atom. The van der Waals surface area contributed by atoms with Crippen LogP contribution in [0.4, 0.5) is 25.1 Å². The highest BCUT2D eigenvalue weighted by molar-refractivity contribution is 6.33. The second kappa shape index (κ2) is 10.5. The summed E-state index contributed by atoms with van der Waals surface area (Å²) < 4.78 is 48.7. The number of nitrogens with zero attached hydrogens (tertiary/aromatic N) is 4. The maximum absolute atomic E-state index is 14.0. The van der Waals surface area contributed by atoms with E-state index in [1.54, 1.807) is 24.3 Å². The number of ether oxygens (including phenoxy) is 1. The van der Waals surface area contributed by atoms with Gasteiger partial charge in [-0.2, -0.15) is 22.8 Å². The first-order chi connectivity index (χ1) is 16.0. The molecule has 0 saturated heterocycles. The number of hydrogen-bond acceptors (Lipinski definition) is 6. The number of nitrogen functional groups attached to an aromatic ring is 2. The fraction of sp³-hybridized carbons (Fsp3) is 0.391. The summed E-state index contributed by atoms with van der Waals surface area (Å²) in [6.45, 7) is 5.52. The van der Waals surface area contributed by atoms with Crippen LogP contribution in [0.3, 0.4) is 0 Å². The summed E-state index contributed by atoms with van der Waals surface area (Å²) in [7, 11) is 2.04. The second-order valence-corrected chi connectivity index (χ2v) is 8.49. The SMILES string of the molecule is CCCC(C)N(C)CCOc1ccc(-c2c(Cl)cc(-n3nc(N)nc3N)cc2C(F)(F)F)cc1. The minimum absolute atomic E-state index is 0.00384. The molecule has 0 fully saturated rings. The molecule has 1 aromatic heterocycles. The van der Waals surface area contributed by atoms with E-state index >= 15 is 0 Å². The third kappa shape index (κ3) is 5.92. The minimum atomic E-state index is -4.68. The van der Waals surface area contributed by atoms with Gasteiger partial charge in [-0.15, -0.1) is 5.10 Å². The molecule has 1 unspecified atom stereocenters. The molecule has 0 aliphatic carbocycles. The normalized spacial score (nSPS) is 12.8. The van der Waals surface area contributed by atoms with Crippen LogP contribution in [0.25, 0.3) is 16.8 Å². The van der Waals surface area contributed by atoms with Crippen molar-refractivity contribution < 1.29 is 17.9 Å².